The Hall–Kier alpha value is -2.90. The van der Waals surface area contributed by atoms with Crippen LogP contribution in [0, 0.1) is 0 Å². The summed E-state index contributed by atoms with van der Waals surface area (Å²) >= 11 is 7.29. The first-order valence-electron chi connectivity index (χ1n) is 9.13. The van der Waals surface area contributed by atoms with Gasteiger partial charge in [-0.2, -0.15) is 0 Å². The molecule has 1 fully saturated rings. The number of nitrogen functional groups attached to an aromatic ring is 1. The number of rotatable bonds is 4. The monoisotopic (exact) mass is 426 g/mol. The van der Waals surface area contributed by atoms with Crippen LogP contribution < -0.4 is 5.73 Å². The number of fused-ring (bicyclic) bond motifs is 1. The van der Waals surface area contributed by atoms with E-state index in [9.17, 15) is 9.59 Å². The number of piperazine rings is 1. The number of benzene rings is 1. The molecular weight excluding hydrogens is 408 g/mol. The standard InChI is InChI=1S/C21H19ClN4O2S/c22-19-5-2-15(29-19)3-6-20(27)26-10-9-25(21(28)13-26)12-14-1-4-16-17(23)7-8-24-18(16)11-14/h1-8,11H,9-10,12-13H2,(H2,23,24)/b6-3+. The van der Waals surface area contributed by atoms with Crippen LogP contribution in [0.5, 0.6) is 0 Å². The van der Waals surface area contributed by atoms with E-state index in [0.717, 1.165) is 21.3 Å². The number of pyridine rings is 1. The highest BCUT2D eigenvalue weighted by molar-refractivity contribution is 7.17. The Morgan fingerprint density at radius 3 is 2.86 bits per heavy atom. The molecule has 1 aromatic carbocycles. The molecular formula is C21H19ClN4O2S. The molecule has 29 heavy (non-hydrogen) atoms. The molecule has 6 nitrogen and oxygen atoms in total. The molecule has 0 bridgehead atoms. The summed E-state index contributed by atoms with van der Waals surface area (Å²) in [4.78, 5) is 33.5. The maximum atomic E-state index is 12.6. The Kier molecular flexibility index (Phi) is 5.51. The molecule has 2 amide bonds. The number of nitrogens with two attached hydrogens (primary N) is 1. The third-order valence-corrected chi connectivity index (χ3v) is 6.03. The number of aromatic nitrogens is 1. The Morgan fingerprint density at radius 1 is 1.24 bits per heavy atom. The first-order chi connectivity index (χ1) is 14.0. The summed E-state index contributed by atoms with van der Waals surface area (Å²) in [6, 6.07) is 11.2. The SMILES string of the molecule is Nc1ccnc2cc(CN3CCN(C(=O)/C=C/c4ccc(Cl)s4)CC3=O)ccc12. The third-order valence-electron chi connectivity index (χ3n) is 4.83. The second kappa shape index (κ2) is 8.23. The van der Waals surface area contributed by atoms with Crippen molar-refractivity contribution >= 4 is 57.4 Å². The molecule has 1 aliphatic heterocycles. The summed E-state index contributed by atoms with van der Waals surface area (Å²) < 4.78 is 0.674. The van der Waals surface area contributed by atoms with E-state index >= 15 is 0 Å². The summed E-state index contributed by atoms with van der Waals surface area (Å²) in [5.74, 6) is -0.245. The molecule has 2 aromatic heterocycles. The van der Waals surface area contributed by atoms with Crippen LogP contribution in [-0.4, -0.2) is 46.2 Å². The maximum Gasteiger partial charge on any atom is 0.247 e. The topological polar surface area (TPSA) is 79.5 Å². The van der Waals surface area contributed by atoms with Crippen molar-refractivity contribution in [2.75, 3.05) is 25.4 Å². The van der Waals surface area contributed by atoms with Gasteiger partial charge < -0.3 is 15.5 Å². The lowest BCUT2D eigenvalue weighted by molar-refractivity contribution is -0.143. The molecule has 1 saturated heterocycles. The molecule has 0 aliphatic carbocycles. The predicted molar refractivity (Wildman–Crippen MR) is 117 cm³/mol. The normalized spacial score (nSPS) is 14.9. The van der Waals surface area contributed by atoms with Crippen LogP contribution in [0.1, 0.15) is 10.4 Å². The van der Waals surface area contributed by atoms with Crippen molar-refractivity contribution in [2.24, 2.45) is 0 Å². The summed E-state index contributed by atoms with van der Waals surface area (Å²) in [6.07, 6.45) is 4.89. The Labute approximate surface area is 177 Å². The maximum absolute atomic E-state index is 12.6. The van der Waals surface area contributed by atoms with Crippen LogP contribution in [0.4, 0.5) is 5.69 Å². The van der Waals surface area contributed by atoms with Gasteiger partial charge in [-0.3, -0.25) is 14.6 Å². The van der Waals surface area contributed by atoms with Gasteiger partial charge in [-0.15, -0.1) is 11.3 Å². The quantitative estimate of drug-likeness (QED) is 0.648. The molecule has 148 valence electrons. The van der Waals surface area contributed by atoms with E-state index in [4.69, 9.17) is 17.3 Å². The number of amides is 2. The van der Waals surface area contributed by atoms with Gasteiger partial charge in [0.25, 0.3) is 0 Å². The van der Waals surface area contributed by atoms with E-state index in [1.165, 1.54) is 17.4 Å². The van der Waals surface area contributed by atoms with E-state index < -0.39 is 0 Å². The van der Waals surface area contributed by atoms with Crippen molar-refractivity contribution in [1.82, 2.24) is 14.8 Å². The van der Waals surface area contributed by atoms with Crippen LogP contribution in [0.2, 0.25) is 4.34 Å². The fraction of sp³-hybridized carbons (Fsp3) is 0.190. The van der Waals surface area contributed by atoms with Gasteiger partial charge in [-0.1, -0.05) is 23.7 Å². The van der Waals surface area contributed by atoms with Gasteiger partial charge >= 0.3 is 0 Å². The third kappa shape index (κ3) is 4.41. The average molecular weight is 427 g/mol. The minimum atomic E-state index is -0.173. The minimum absolute atomic E-state index is 0.0715. The number of carbonyl (C=O) groups excluding carboxylic acids is 2. The van der Waals surface area contributed by atoms with Gasteiger partial charge in [0, 0.05) is 47.9 Å². The Bertz CT molecular complexity index is 1110. The number of nitrogens with zero attached hydrogens (tertiary/aromatic N) is 3. The first kappa shape index (κ1) is 19.4. The molecule has 3 heterocycles. The zero-order chi connectivity index (χ0) is 20.4. The molecule has 0 atom stereocenters. The molecule has 8 heteroatoms. The van der Waals surface area contributed by atoms with Crippen LogP contribution in [0.3, 0.4) is 0 Å². The van der Waals surface area contributed by atoms with E-state index in [0.29, 0.717) is 29.7 Å². The lowest BCUT2D eigenvalue weighted by atomic mass is 10.1. The molecule has 0 radical (unpaired) electrons. The highest BCUT2D eigenvalue weighted by Crippen LogP contribution is 2.23. The molecule has 0 spiro atoms. The summed E-state index contributed by atoms with van der Waals surface area (Å²) in [7, 11) is 0. The van der Waals surface area contributed by atoms with Gasteiger partial charge in [0.05, 0.1) is 9.85 Å². The van der Waals surface area contributed by atoms with Gasteiger partial charge in [0.15, 0.2) is 0 Å². The van der Waals surface area contributed by atoms with E-state index in [2.05, 4.69) is 4.98 Å². The second-order valence-electron chi connectivity index (χ2n) is 6.80. The van der Waals surface area contributed by atoms with Crippen LogP contribution >= 0.6 is 22.9 Å². The van der Waals surface area contributed by atoms with Crippen molar-refractivity contribution in [3.05, 3.63) is 63.4 Å². The van der Waals surface area contributed by atoms with Gasteiger partial charge in [-0.25, -0.2) is 0 Å². The summed E-state index contributed by atoms with van der Waals surface area (Å²) in [5, 5.41) is 0.900. The van der Waals surface area contributed by atoms with Crippen LogP contribution in [0.25, 0.3) is 17.0 Å². The number of hydrogen-bond donors (Lipinski definition) is 1. The first-order valence-corrected chi connectivity index (χ1v) is 10.3. The Balaban J connectivity index is 1.38. The highest BCUT2D eigenvalue weighted by atomic mass is 35.5. The van der Waals surface area contributed by atoms with Crippen molar-refractivity contribution < 1.29 is 9.59 Å². The Morgan fingerprint density at radius 2 is 2.10 bits per heavy atom. The minimum Gasteiger partial charge on any atom is -0.398 e. The number of carbonyl (C=O) groups is 2. The van der Waals surface area contributed by atoms with E-state index in [1.54, 1.807) is 34.2 Å². The predicted octanol–water partition coefficient (Wildman–Crippen LogP) is 3.42. The number of thiophene rings is 1. The smallest absolute Gasteiger partial charge is 0.247 e. The number of hydrogen-bond acceptors (Lipinski definition) is 5. The molecule has 1 aliphatic rings. The van der Waals surface area contributed by atoms with Crippen molar-refractivity contribution in [3.8, 4) is 0 Å². The second-order valence-corrected chi connectivity index (χ2v) is 8.55. The molecule has 0 saturated carbocycles. The molecule has 4 rings (SSSR count). The fourth-order valence-corrected chi connectivity index (χ4v) is 4.24. The lowest BCUT2D eigenvalue weighted by Crippen LogP contribution is -2.51. The highest BCUT2D eigenvalue weighted by Gasteiger charge is 2.26. The van der Waals surface area contributed by atoms with Crippen LogP contribution in [0.15, 0.2) is 48.7 Å². The fourth-order valence-electron chi connectivity index (χ4n) is 3.28. The largest absolute Gasteiger partial charge is 0.398 e. The molecule has 3 aromatic rings. The lowest BCUT2D eigenvalue weighted by Gasteiger charge is -2.34. The van der Waals surface area contributed by atoms with Crippen molar-refractivity contribution in [1.29, 1.82) is 0 Å². The van der Waals surface area contributed by atoms with Crippen LogP contribution in [-0.2, 0) is 16.1 Å². The summed E-state index contributed by atoms with van der Waals surface area (Å²) in [5.41, 5.74) is 8.44. The van der Waals surface area contributed by atoms with E-state index in [-0.39, 0.29) is 18.4 Å². The summed E-state index contributed by atoms with van der Waals surface area (Å²) in [6.45, 7) is 1.55. The number of anilines is 1. The zero-order valence-electron chi connectivity index (χ0n) is 15.5. The van der Waals surface area contributed by atoms with Gasteiger partial charge in [-0.05, 0) is 35.9 Å². The zero-order valence-corrected chi connectivity index (χ0v) is 17.1. The van der Waals surface area contributed by atoms with Crippen molar-refractivity contribution in [3.63, 3.8) is 0 Å². The van der Waals surface area contributed by atoms with Gasteiger partial charge in [0.1, 0.15) is 6.54 Å². The van der Waals surface area contributed by atoms with Gasteiger partial charge in [0.2, 0.25) is 11.8 Å². The average Bonchev–Trinajstić information content (AvgIpc) is 3.13. The van der Waals surface area contributed by atoms with Crippen molar-refractivity contribution in [2.45, 2.75) is 6.54 Å². The van der Waals surface area contributed by atoms with E-state index in [1.807, 2.05) is 24.3 Å². The number of halogens is 1. The molecule has 0 unspecified atom stereocenters. The molecule has 2 N–H and O–H groups in total.